The van der Waals surface area contributed by atoms with Gasteiger partial charge in [0, 0.05) is 24.4 Å². The lowest BCUT2D eigenvalue weighted by Crippen LogP contribution is -2.23. The molecule has 1 unspecified atom stereocenters. The first kappa shape index (κ1) is 11.6. The molecule has 2 rings (SSSR count). The Bertz CT molecular complexity index is 353. The summed E-state index contributed by atoms with van der Waals surface area (Å²) in [6, 6.07) is 0.429. The minimum absolute atomic E-state index is 0.429. The van der Waals surface area contributed by atoms with Gasteiger partial charge in [-0.15, -0.1) is 0 Å². The molecule has 16 heavy (non-hydrogen) atoms. The number of rotatable bonds is 3. The van der Waals surface area contributed by atoms with Gasteiger partial charge in [0.25, 0.3) is 0 Å². The van der Waals surface area contributed by atoms with Crippen molar-refractivity contribution in [2.45, 2.75) is 39.3 Å². The Hall–Kier alpha value is -0.870. The van der Waals surface area contributed by atoms with Crippen molar-refractivity contribution in [1.82, 2.24) is 15.1 Å². The molecular formula is C12H21N3O. The average molecular weight is 223 g/mol. The minimum Gasteiger partial charge on any atom is -0.379 e. The molecule has 1 N–H and O–H groups in total. The van der Waals surface area contributed by atoms with E-state index >= 15 is 0 Å². The normalized spacial score (nSPS) is 21.3. The molecule has 1 saturated heterocycles. The topological polar surface area (TPSA) is 39.1 Å². The third-order valence-electron chi connectivity index (χ3n) is 3.31. The summed E-state index contributed by atoms with van der Waals surface area (Å²) in [5.41, 5.74) is 3.74. The van der Waals surface area contributed by atoms with Gasteiger partial charge in [0.2, 0.25) is 0 Å². The van der Waals surface area contributed by atoms with E-state index in [0.29, 0.717) is 6.04 Å². The molecule has 1 aromatic rings. The van der Waals surface area contributed by atoms with Crippen molar-refractivity contribution < 1.29 is 4.74 Å². The molecule has 4 nitrogen and oxygen atoms in total. The first-order chi connectivity index (χ1) is 7.74. The van der Waals surface area contributed by atoms with Crippen molar-refractivity contribution in [3.8, 4) is 0 Å². The molecule has 0 spiro atoms. The molecule has 2 heterocycles. The molecule has 0 aromatic carbocycles. The van der Waals surface area contributed by atoms with Crippen molar-refractivity contribution in [2.75, 3.05) is 20.3 Å². The maximum atomic E-state index is 5.52. The van der Waals surface area contributed by atoms with Crippen LogP contribution >= 0.6 is 0 Å². The Balaban J connectivity index is 2.23. The number of nitrogens with zero attached hydrogens (tertiary/aromatic N) is 2. The van der Waals surface area contributed by atoms with Crippen LogP contribution in [0.2, 0.25) is 0 Å². The fourth-order valence-corrected chi connectivity index (χ4v) is 2.40. The quantitative estimate of drug-likeness (QED) is 0.845. The molecule has 1 fully saturated rings. The zero-order chi connectivity index (χ0) is 11.5. The van der Waals surface area contributed by atoms with Gasteiger partial charge in [0.1, 0.15) is 0 Å². The van der Waals surface area contributed by atoms with Crippen molar-refractivity contribution in [1.29, 1.82) is 0 Å². The highest BCUT2D eigenvalue weighted by Gasteiger charge is 2.20. The molecule has 1 aliphatic rings. The zero-order valence-corrected chi connectivity index (χ0v) is 10.4. The summed E-state index contributed by atoms with van der Waals surface area (Å²) < 4.78 is 7.68. The van der Waals surface area contributed by atoms with Gasteiger partial charge in [-0.1, -0.05) is 0 Å². The van der Waals surface area contributed by atoms with E-state index in [9.17, 15) is 0 Å². The SMILES string of the molecule is CNCc1c(C)nn(C2CCCOC2)c1C. The number of hydrogen-bond acceptors (Lipinski definition) is 3. The zero-order valence-electron chi connectivity index (χ0n) is 10.4. The third-order valence-corrected chi connectivity index (χ3v) is 3.31. The molecule has 0 bridgehead atoms. The molecule has 1 aromatic heterocycles. The van der Waals surface area contributed by atoms with E-state index in [0.717, 1.165) is 31.9 Å². The lowest BCUT2D eigenvalue weighted by molar-refractivity contribution is 0.0541. The van der Waals surface area contributed by atoms with Crippen LogP contribution in [0.4, 0.5) is 0 Å². The Labute approximate surface area is 97.0 Å². The molecular weight excluding hydrogens is 202 g/mol. The van der Waals surface area contributed by atoms with Gasteiger partial charge in [-0.3, -0.25) is 4.68 Å². The molecule has 1 atom stereocenters. The Morgan fingerprint density at radius 1 is 1.50 bits per heavy atom. The van der Waals surface area contributed by atoms with Gasteiger partial charge < -0.3 is 10.1 Å². The number of aromatic nitrogens is 2. The predicted molar refractivity (Wildman–Crippen MR) is 63.6 cm³/mol. The Kier molecular flexibility index (Phi) is 3.61. The van der Waals surface area contributed by atoms with Crippen LogP contribution in [0.15, 0.2) is 0 Å². The summed E-state index contributed by atoms with van der Waals surface area (Å²) >= 11 is 0. The molecule has 4 heteroatoms. The summed E-state index contributed by atoms with van der Waals surface area (Å²) in [6.07, 6.45) is 2.32. The highest BCUT2D eigenvalue weighted by molar-refractivity contribution is 5.24. The van der Waals surface area contributed by atoms with Crippen LogP contribution in [-0.2, 0) is 11.3 Å². The third kappa shape index (κ3) is 2.13. The summed E-state index contributed by atoms with van der Waals surface area (Å²) in [5, 5.41) is 7.85. The largest absolute Gasteiger partial charge is 0.379 e. The van der Waals surface area contributed by atoms with Crippen LogP contribution in [0.1, 0.15) is 35.8 Å². The Morgan fingerprint density at radius 2 is 2.31 bits per heavy atom. The second-order valence-electron chi connectivity index (χ2n) is 4.50. The first-order valence-corrected chi connectivity index (χ1v) is 6.01. The van der Waals surface area contributed by atoms with Crippen LogP contribution < -0.4 is 5.32 Å². The molecule has 1 aliphatic heterocycles. The van der Waals surface area contributed by atoms with Gasteiger partial charge in [0.15, 0.2) is 0 Å². The van der Waals surface area contributed by atoms with E-state index in [4.69, 9.17) is 4.74 Å². The van der Waals surface area contributed by atoms with E-state index in [-0.39, 0.29) is 0 Å². The Morgan fingerprint density at radius 3 is 2.94 bits per heavy atom. The maximum Gasteiger partial charge on any atom is 0.0756 e. The minimum atomic E-state index is 0.429. The second kappa shape index (κ2) is 4.97. The van der Waals surface area contributed by atoms with Gasteiger partial charge in [-0.25, -0.2) is 0 Å². The standard InChI is InChI=1S/C12H21N3O/c1-9-12(7-13-3)10(2)15(14-9)11-5-4-6-16-8-11/h11,13H,4-8H2,1-3H3. The number of aryl methyl sites for hydroxylation is 1. The van der Waals surface area contributed by atoms with Crippen molar-refractivity contribution in [3.63, 3.8) is 0 Å². The van der Waals surface area contributed by atoms with E-state index in [1.807, 2.05) is 7.05 Å². The first-order valence-electron chi connectivity index (χ1n) is 6.01. The predicted octanol–water partition coefficient (Wildman–Crippen LogP) is 1.57. The fourth-order valence-electron chi connectivity index (χ4n) is 2.40. The molecule has 0 amide bonds. The summed E-state index contributed by atoms with van der Waals surface area (Å²) in [6.45, 7) is 6.84. The van der Waals surface area contributed by atoms with Crippen LogP contribution in [-0.4, -0.2) is 30.0 Å². The van der Waals surface area contributed by atoms with Gasteiger partial charge in [-0.05, 0) is 33.7 Å². The van der Waals surface area contributed by atoms with Crippen molar-refractivity contribution in [3.05, 3.63) is 17.0 Å². The van der Waals surface area contributed by atoms with E-state index in [1.54, 1.807) is 0 Å². The van der Waals surface area contributed by atoms with Crippen LogP contribution in [0.5, 0.6) is 0 Å². The van der Waals surface area contributed by atoms with E-state index < -0.39 is 0 Å². The highest BCUT2D eigenvalue weighted by Crippen LogP contribution is 2.23. The van der Waals surface area contributed by atoms with Crippen LogP contribution in [0.3, 0.4) is 0 Å². The summed E-state index contributed by atoms with van der Waals surface area (Å²) in [4.78, 5) is 0. The van der Waals surface area contributed by atoms with E-state index in [2.05, 4.69) is 28.9 Å². The van der Waals surface area contributed by atoms with Gasteiger partial charge in [0.05, 0.1) is 18.3 Å². The van der Waals surface area contributed by atoms with Crippen molar-refractivity contribution >= 4 is 0 Å². The van der Waals surface area contributed by atoms with Crippen LogP contribution in [0, 0.1) is 13.8 Å². The smallest absolute Gasteiger partial charge is 0.0756 e. The highest BCUT2D eigenvalue weighted by atomic mass is 16.5. The lowest BCUT2D eigenvalue weighted by atomic mass is 10.1. The summed E-state index contributed by atoms with van der Waals surface area (Å²) in [7, 11) is 1.97. The van der Waals surface area contributed by atoms with Gasteiger partial charge in [-0.2, -0.15) is 5.10 Å². The monoisotopic (exact) mass is 223 g/mol. The number of nitrogens with one attached hydrogen (secondary N) is 1. The molecule has 0 aliphatic carbocycles. The van der Waals surface area contributed by atoms with E-state index in [1.165, 1.54) is 17.7 Å². The lowest BCUT2D eigenvalue weighted by Gasteiger charge is -2.23. The second-order valence-corrected chi connectivity index (χ2v) is 4.50. The fraction of sp³-hybridized carbons (Fsp3) is 0.750. The molecule has 0 saturated carbocycles. The average Bonchev–Trinajstić information content (AvgIpc) is 2.59. The maximum absolute atomic E-state index is 5.52. The molecule has 90 valence electrons. The van der Waals surface area contributed by atoms with Crippen LogP contribution in [0.25, 0.3) is 0 Å². The molecule has 0 radical (unpaired) electrons. The number of hydrogen-bond donors (Lipinski definition) is 1. The number of ether oxygens (including phenoxy) is 1. The van der Waals surface area contributed by atoms with Crippen molar-refractivity contribution in [2.24, 2.45) is 0 Å². The van der Waals surface area contributed by atoms with Gasteiger partial charge >= 0.3 is 0 Å². The summed E-state index contributed by atoms with van der Waals surface area (Å²) in [5.74, 6) is 0.